The normalized spacial score (nSPS) is 11.0. The largest absolute Gasteiger partial charge is 0.465 e. The Labute approximate surface area is 297 Å². The van der Waals surface area contributed by atoms with E-state index in [1.165, 1.54) is 42.3 Å². The number of esters is 3. The summed E-state index contributed by atoms with van der Waals surface area (Å²) in [6, 6.07) is 14.9. The second kappa shape index (κ2) is 16.3. The van der Waals surface area contributed by atoms with E-state index in [1.54, 1.807) is 52.2 Å². The summed E-state index contributed by atoms with van der Waals surface area (Å²) in [6.45, 7) is 3.25. The van der Waals surface area contributed by atoms with Crippen LogP contribution in [0.25, 0.3) is 11.3 Å². The standard InChI is InChI=1S/C38H36F3N3O8/c1-21-18-25(36(48)50-5)20-29(37(49)51-6)33(21)52-31(45)9-7-8-23-11-17-30(28(19-23)35(47)44(3)4)43-34(46)27-16-10-22(2)42-32(27)24-12-14-26(15-13-24)38(39,40)41/h10-20H,7-9H2,1-6H3,(H,43,46). The third-order valence-corrected chi connectivity index (χ3v) is 7.90. The monoisotopic (exact) mass is 719 g/mol. The molecule has 2 amide bonds. The minimum atomic E-state index is -4.53. The number of halogens is 3. The van der Waals surface area contributed by atoms with E-state index in [9.17, 15) is 37.1 Å². The fraction of sp³-hybridized carbons (Fsp3) is 0.263. The molecule has 52 heavy (non-hydrogen) atoms. The molecule has 0 saturated carbocycles. The van der Waals surface area contributed by atoms with E-state index in [-0.39, 0.29) is 45.8 Å². The number of anilines is 1. The number of carbonyl (C=O) groups is 5. The molecule has 1 heterocycles. The van der Waals surface area contributed by atoms with E-state index < -0.39 is 41.5 Å². The van der Waals surface area contributed by atoms with Crippen LogP contribution >= 0.6 is 0 Å². The third-order valence-electron chi connectivity index (χ3n) is 7.90. The lowest BCUT2D eigenvalue weighted by Crippen LogP contribution is -2.24. The zero-order chi connectivity index (χ0) is 38.3. The van der Waals surface area contributed by atoms with Crippen LogP contribution in [0.5, 0.6) is 5.75 Å². The molecule has 0 unspecified atom stereocenters. The Morgan fingerprint density at radius 2 is 1.48 bits per heavy atom. The number of nitrogens with zero attached hydrogens (tertiary/aromatic N) is 2. The summed E-state index contributed by atoms with van der Waals surface area (Å²) in [6.07, 6.45) is -3.97. The predicted molar refractivity (Wildman–Crippen MR) is 184 cm³/mol. The summed E-state index contributed by atoms with van der Waals surface area (Å²) in [5.74, 6) is -3.23. The maximum absolute atomic E-state index is 13.6. The fourth-order valence-electron chi connectivity index (χ4n) is 5.25. The molecule has 0 bridgehead atoms. The van der Waals surface area contributed by atoms with E-state index in [0.29, 0.717) is 35.2 Å². The van der Waals surface area contributed by atoms with Crippen LogP contribution in [0, 0.1) is 13.8 Å². The number of hydrogen-bond donors (Lipinski definition) is 1. The number of rotatable bonds is 11. The molecule has 1 aromatic heterocycles. The Hall–Kier alpha value is -6.05. The maximum Gasteiger partial charge on any atom is 0.416 e. The van der Waals surface area contributed by atoms with E-state index in [2.05, 4.69) is 10.3 Å². The fourth-order valence-corrected chi connectivity index (χ4v) is 5.25. The highest BCUT2D eigenvalue weighted by molar-refractivity contribution is 6.11. The number of nitrogens with one attached hydrogen (secondary N) is 1. The van der Waals surface area contributed by atoms with Crippen molar-refractivity contribution in [2.75, 3.05) is 33.6 Å². The average Bonchev–Trinajstić information content (AvgIpc) is 3.11. The minimum Gasteiger partial charge on any atom is -0.465 e. The summed E-state index contributed by atoms with van der Waals surface area (Å²) in [4.78, 5) is 69.9. The molecule has 4 rings (SSSR count). The molecule has 3 aromatic carbocycles. The summed E-state index contributed by atoms with van der Waals surface area (Å²) in [5.41, 5.74) is 1.59. The van der Waals surface area contributed by atoms with Gasteiger partial charge in [0.15, 0.2) is 0 Å². The molecule has 0 aliphatic carbocycles. The number of aryl methyl sites for hydroxylation is 3. The number of methoxy groups -OCH3 is 2. The van der Waals surface area contributed by atoms with Gasteiger partial charge in [0, 0.05) is 31.8 Å². The van der Waals surface area contributed by atoms with Crippen LogP contribution in [0.3, 0.4) is 0 Å². The van der Waals surface area contributed by atoms with E-state index in [1.807, 2.05) is 0 Å². The number of aromatic nitrogens is 1. The zero-order valence-corrected chi connectivity index (χ0v) is 29.3. The smallest absolute Gasteiger partial charge is 0.416 e. The van der Waals surface area contributed by atoms with Crippen LogP contribution in [0.2, 0.25) is 0 Å². The number of amides is 2. The van der Waals surface area contributed by atoms with Gasteiger partial charge in [0.1, 0.15) is 11.3 Å². The van der Waals surface area contributed by atoms with Gasteiger partial charge < -0.3 is 24.4 Å². The second-order valence-corrected chi connectivity index (χ2v) is 11.9. The molecular formula is C38H36F3N3O8. The van der Waals surface area contributed by atoms with Gasteiger partial charge in [-0.1, -0.05) is 18.2 Å². The van der Waals surface area contributed by atoms with Crippen LogP contribution in [-0.4, -0.2) is 67.9 Å². The van der Waals surface area contributed by atoms with Gasteiger partial charge in [0.05, 0.1) is 47.9 Å². The first-order chi connectivity index (χ1) is 24.5. The number of ether oxygens (including phenoxy) is 3. The van der Waals surface area contributed by atoms with Gasteiger partial charge in [0.2, 0.25) is 0 Å². The summed E-state index contributed by atoms with van der Waals surface area (Å²) >= 11 is 0. The lowest BCUT2D eigenvalue weighted by molar-refractivity contribution is -0.137. The van der Waals surface area contributed by atoms with Crippen molar-refractivity contribution in [3.8, 4) is 17.0 Å². The topological polar surface area (TPSA) is 141 Å². The Morgan fingerprint density at radius 3 is 2.10 bits per heavy atom. The molecule has 0 saturated heterocycles. The van der Waals surface area contributed by atoms with Gasteiger partial charge in [-0.15, -0.1) is 0 Å². The highest BCUT2D eigenvalue weighted by atomic mass is 19.4. The Kier molecular flexibility index (Phi) is 12.2. The molecule has 0 radical (unpaired) electrons. The third kappa shape index (κ3) is 9.19. The van der Waals surface area contributed by atoms with Crippen molar-refractivity contribution in [2.45, 2.75) is 39.3 Å². The molecule has 0 aliphatic rings. The number of alkyl halides is 3. The van der Waals surface area contributed by atoms with Crippen molar-refractivity contribution in [2.24, 2.45) is 0 Å². The van der Waals surface area contributed by atoms with Crippen molar-refractivity contribution in [1.82, 2.24) is 9.88 Å². The van der Waals surface area contributed by atoms with Crippen molar-refractivity contribution >= 4 is 35.4 Å². The maximum atomic E-state index is 13.6. The molecule has 1 N–H and O–H groups in total. The van der Waals surface area contributed by atoms with Crippen molar-refractivity contribution in [3.63, 3.8) is 0 Å². The Balaban J connectivity index is 1.52. The van der Waals surface area contributed by atoms with Gasteiger partial charge in [0.25, 0.3) is 11.8 Å². The number of carbonyl (C=O) groups excluding carboxylic acids is 5. The average molecular weight is 720 g/mol. The summed E-state index contributed by atoms with van der Waals surface area (Å²) in [7, 11) is 5.44. The van der Waals surface area contributed by atoms with Crippen LogP contribution in [0.1, 0.15) is 76.7 Å². The molecule has 0 aliphatic heterocycles. The first-order valence-electron chi connectivity index (χ1n) is 15.9. The van der Waals surface area contributed by atoms with Crippen molar-refractivity contribution in [1.29, 1.82) is 0 Å². The van der Waals surface area contributed by atoms with Crippen LogP contribution in [-0.2, 0) is 26.9 Å². The zero-order valence-electron chi connectivity index (χ0n) is 29.3. The molecule has 272 valence electrons. The summed E-state index contributed by atoms with van der Waals surface area (Å²) < 4.78 is 54.5. The number of benzene rings is 3. The number of pyridine rings is 1. The Morgan fingerprint density at radius 1 is 0.808 bits per heavy atom. The lowest BCUT2D eigenvalue weighted by Gasteiger charge is -2.17. The molecule has 0 spiro atoms. The van der Waals surface area contributed by atoms with Crippen LogP contribution < -0.4 is 10.1 Å². The van der Waals surface area contributed by atoms with Gasteiger partial charge in [-0.3, -0.25) is 19.4 Å². The van der Waals surface area contributed by atoms with Gasteiger partial charge in [-0.25, -0.2) is 9.59 Å². The van der Waals surface area contributed by atoms with Crippen LogP contribution in [0.15, 0.2) is 66.7 Å². The lowest BCUT2D eigenvalue weighted by atomic mass is 10.0. The molecular weight excluding hydrogens is 683 g/mol. The van der Waals surface area contributed by atoms with Crippen LogP contribution in [0.4, 0.5) is 18.9 Å². The van der Waals surface area contributed by atoms with Crippen molar-refractivity contribution < 1.29 is 51.4 Å². The van der Waals surface area contributed by atoms with E-state index in [4.69, 9.17) is 14.2 Å². The summed E-state index contributed by atoms with van der Waals surface area (Å²) in [5, 5.41) is 2.75. The first kappa shape index (κ1) is 38.7. The van der Waals surface area contributed by atoms with Gasteiger partial charge in [-0.05, 0) is 86.3 Å². The quantitative estimate of drug-likeness (QED) is 0.130. The molecule has 11 nitrogen and oxygen atoms in total. The van der Waals surface area contributed by atoms with Gasteiger partial charge in [-0.2, -0.15) is 13.2 Å². The van der Waals surface area contributed by atoms with E-state index in [0.717, 1.165) is 19.2 Å². The second-order valence-electron chi connectivity index (χ2n) is 11.9. The Bertz CT molecular complexity index is 2030. The van der Waals surface area contributed by atoms with Crippen molar-refractivity contribution in [3.05, 3.63) is 111 Å². The first-order valence-corrected chi connectivity index (χ1v) is 15.9. The predicted octanol–water partition coefficient (Wildman–Crippen LogP) is 6.84. The minimum absolute atomic E-state index is 0.0475. The highest BCUT2D eigenvalue weighted by Crippen LogP contribution is 2.32. The highest BCUT2D eigenvalue weighted by Gasteiger charge is 2.30. The number of hydrogen-bond acceptors (Lipinski definition) is 9. The van der Waals surface area contributed by atoms with E-state index >= 15 is 0 Å². The molecule has 0 fully saturated rings. The molecule has 4 aromatic rings. The molecule has 0 atom stereocenters. The SMILES string of the molecule is COC(=O)c1cc(C)c(OC(=O)CCCc2ccc(NC(=O)c3ccc(C)nc3-c3ccc(C(F)(F)F)cc3)c(C(=O)N(C)C)c2)c(C(=O)OC)c1. The van der Waals surface area contributed by atoms with Gasteiger partial charge >= 0.3 is 24.1 Å². The molecule has 14 heteroatoms.